The van der Waals surface area contributed by atoms with Crippen molar-refractivity contribution >= 4 is 5.57 Å². The van der Waals surface area contributed by atoms with Crippen molar-refractivity contribution in [3.8, 4) is 0 Å². The van der Waals surface area contributed by atoms with Crippen LogP contribution in [0.15, 0.2) is 24.3 Å². The van der Waals surface area contributed by atoms with Crippen LogP contribution in [0.2, 0.25) is 0 Å². The van der Waals surface area contributed by atoms with E-state index in [9.17, 15) is 0 Å². The van der Waals surface area contributed by atoms with E-state index in [2.05, 4.69) is 52.0 Å². The molecule has 0 heterocycles. The molecule has 0 heteroatoms. The molecular formula is C15H22. The zero-order valence-electron chi connectivity index (χ0n) is 10.4. The summed E-state index contributed by atoms with van der Waals surface area (Å²) in [7, 11) is 0. The van der Waals surface area contributed by atoms with Crippen molar-refractivity contribution in [1.82, 2.24) is 0 Å². The fourth-order valence-corrected chi connectivity index (χ4v) is 1.94. The van der Waals surface area contributed by atoms with Crippen molar-refractivity contribution in [1.29, 1.82) is 0 Å². The molecule has 0 aliphatic carbocycles. The molecule has 0 aromatic heterocycles. The van der Waals surface area contributed by atoms with Gasteiger partial charge < -0.3 is 0 Å². The molecule has 1 aromatic carbocycles. The lowest BCUT2D eigenvalue weighted by Crippen LogP contribution is -1.91. The molecule has 0 spiro atoms. The second kappa shape index (κ2) is 5.75. The topological polar surface area (TPSA) is 0 Å². The molecule has 82 valence electrons. The predicted molar refractivity (Wildman–Crippen MR) is 69.1 cm³/mol. The minimum absolute atomic E-state index is 1.12. The van der Waals surface area contributed by atoms with Gasteiger partial charge in [-0.05, 0) is 49.0 Å². The summed E-state index contributed by atoms with van der Waals surface area (Å²) in [5, 5.41) is 0. The van der Waals surface area contributed by atoms with E-state index in [0.717, 1.165) is 6.42 Å². The van der Waals surface area contributed by atoms with Gasteiger partial charge >= 0.3 is 0 Å². The van der Waals surface area contributed by atoms with Gasteiger partial charge in [0.15, 0.2) is 0 Å². The fourth-order valence-electron chi connectivity index (χ4n) is 1.94. The van der Waals surface area contributed by atoms with Gasteiger partial charge in [0.1, 0.15) is 0 Å². The average molecular weight is 202 g/mol. The molecule has 0 aliphatic rings. The van der Waals surface area contributed by atoms with Crippen molar-refractivity contribution in [3.05, 3.63) is 41.0 Å². The van der Waals surface area contributed by atoms with E-state index in [4.69, 9.17) is 0 Å². The Kier molecular flexibility index (Phi) is 4.61. The minimum atomic E-state index is 1.12. The maximum Gasteiger partial charge on any atom is -0.0196 e. The zero-order valence-corrected chi connectivity index (χ0v) is 10.4. The lowest BCUT2D eigenvalue weighted by molar-refractivity contribution is 0.969. The smallest absolute Gasteiger partial charge is 0.0196 e. The molecule has 0 radical (unpaired) electrons. The highest BCUT2D eigenvalue weighted by molar-refractivity contribution is 5.68. The second-order valence-electron chi connectivity index (χ2n) is 4.07. The molecule has 0 atom stereocenters. The Morgan fingerprint density at radius 1 is 1.27 bits per heavy atom. The number of hydrogen-bond donors (Lipinski definition) is 0. The molecule has 0 amide bonds. The van der Waals surface area contributed by atoms with Crippen LogP contribution < -0.4 is 0 Å². The Morgan fingerprint density at radius 2 is 2.00 bits per heavy atom. The maximum atomic E-state index is 2.35. The first-order valence-electron chi connectivity index (χ1n) is 5.98. The van der Waals surface area contributed by atoms with E-state index >= 15 is 0 Å². The van der Waals surface area contributed by atoms with Gasteiger partial charge in [-0.25, -0.2) is 0 Å². The van der Waals surface area contributed by atoms with Gasteiger partial charge in [-0.3, -0.25) is 0 Å². The van der Waals surface area contributed by atoms with Crippen LogP contribution in [0, 0.1) is 6.92 Å². The zero-order chi connectivity index (χ0) is 11.3. The highest BCUT2D eigenvalue weighted by atomic mass is 14.1. The number of allylic oxidation sites excluding steroid dienone is 2. The summed E-state index contributed by atoms with van der Waals surface area (Å²) >= 11 is 0. The fraction of sp³-hybridized carbons (Fsp3) is 0.467. The van der Waals surface area contributed by atoms with Crippen molar-refractivity contribution in [3.63, 3.8) is 0 Å². The summed E-state index contributed by atoms with van der Waals surface area (Å²) in [5.74, 6) is 0. The van der Waals surface area contributed by atoms with Gasteiger partial charge in [0, 0.05) is 0 Å². The van der Waals surface area contributed by atoms with Gasteiger partial charge in [0.05, 0.1) is 0 Å². The standard InChI is InChI=1S/C15H22/c1-5-8-14(7-3)15-11-13(6-2)10-9-12(15)4/h7,9-11H,5-6,8H2,1-4H3/b14-7-. The van der Waals surface area contributed by atoms with Crippen LogP contribution in [0.5, 0.6) is 0 Å². The van der Waals surface area contributed by atoms with E-state index in [1.54, 1.807) is 0 Å². The number of hydrogen-bond acceptors (Lipinski definition) is 0. The molecular weight excluding hydrogens is 180 g/mol. The van der Waals surface area contributed by atoms with Gasteiger partial charge in [0.2, 0.25) is 0 Å². The third kappa shape index (κ3) is 2.95. The quantitative estimate of drug-likeness (QED) is 0.660. The predicted octanol–water partition coefficient (Wildman–Crippen LogP) is 4.76. The maximum absolute atomic E-state index is 2.35. The Hall–Kier alpha value is -1.04. The highest BCUT2D eigenvalue weighted by Crippen LogP contribution is 2.24. The van der Waals surface area contributed by atoms with Crippen LogP contribution in [-0.2, 0) is 6.42 Å². The lowest BCUT2D eigenvalue weighted by Gasteiger charge is -2.11. The highest BCUT2D eigenvalue weighted by Gasteiger charge is 2.04. The van der Waals surface area contributed by atoms with E-state index in [1.165, 1.54) is 35.1 Å². The van der Waals surface area contributed by atoms with Crippen molar-refractivity contribution in [2.24, 2.45) is 0 Å². The van der Waals surface area contributed by atoms with E-state index in [-0.39, 0.29) is 0 Å². The molecule has 0 unspecified atom stereocenters. The first kappa shape index (κ1) is 12.0. The Morgan fingerprint density at radius 3 is 2.53 bits per heavy atom. The summed E-state index contributed by atoms with van der Waals surface area (Å²) < 4.78 is 0. The normalized spacial score (nSPS) is 11.9. The van der Waals surface area contributed by atoms with Crippen molar-refractivity contribution in [2.75, 3.05) is 0 Å². The Balaban J connectivity index is 3.10. The molecule has 0 nitrogen and oxygen atoms in total. The van der Waals surface area contributed by atoms with Crippen molar-refractivity contribution in [2.45, 2.75) is 47.0 Å². The Bertz CT molecular complexity index is 345. The van der Waals surface area contributed by atoms with E-state index in [1.807, 2.05) is 0 Å². The van der Waals surface area contributed by atoms with Crippen molar-refractivity contribution < 1.29 is 0 Å². The van der Waals surface area contributed by atoms with Gasteiger partial charge in [0.25, 0.3) is 0 Å². The molecule has 1 aromatic rings. The largest absolute Gasteiger partial charge is 0.0838 e. The molecule has 0 aliphatic heterocycles. The molecule has 0 N–H and O–H groups in total. The van der Waals surface area contributed by atoms with Crippen LogP contribution >= 0.6 is 0 Å². The summed E-state index contributed by atoms with van der Waals surface area (Å²) in [6.07, 6.45) is 5.78. The molecule has 1 rings (SSSR count). The van der Waals surface area contributed by atoms with E-state index < -0.39 is 0 Å². The second-order valence-corrected chi connectivity index (χ2v) is 4.07. The molecule has 0 saturated heterocycles. The van der Waals surface area contributed by atoms with Crippen LogP contribution in [0.4, 0.5) is 0 Å². The van der Waals surface area contributed by atoms with Crippen LogP contribution in [0.3, 0.4) is 0 Å². The summed E-state index contributed by atoms with van der Waals surface area (Å²) in [5.41, 5.74) is 5.77. The summed E-state index contributed by atoms with van der Waals surface area (Å²) in [6, 6.07) is 6.83. The minimum Gasteiger partial charge on any atom is -0.0838 e. The van der Waals surface area contributed by atoms with Crippen LogP contribution in [0.25, 0.3) is 5.57 Å². The summed E-state index contributed by atoms with van der Waals surface area (Å²) in [6.45, 7) is 8.79. The number of rotatable bonds is 4. The van der Waals surface area contributed by atoms with Crippen LogP contribution in [0.1, 0.15) is 50.3 Å². The van der Waals surface area contributed by atoms with E-state index in [0.29, 0.717) is 0 Å². The molecule has 0 fully saturated rings. The molecule has 15 heavy (non-hydrogen) atoms. The Labute approximate surface area is 94.0 Å². The third-order valence-corrected chi connectivity index (χ3v) is 2.92. The summed E-state index contributed by atoms with van der Waals surface area (Å²) in [4.78, 5) is 0. The first-order chi connectivity index (χ1) is 7.22. The monoisotopic (exact) mass is 202 g/mol. The number of benzene rings is 1. The average Bonchev–Trinajstić information content (AvgIpc) is 2.27. The van der Waals surface area contributed by atoms with Gasteiger partial charge in [-0.1, -0.05) is 44.5 Å². The van der Waals surface area contributed by atoms with Crippen LogP contribution in [-0.4, -0.2) is 0 Å². The SMILES string of the molecule is C/C=C(/CCC)c1cc(CC)ccc1C. The third-order valence-electron chi connectivity index (χ3n) is 2.92. The molecule has 0 bridgehead atoms. The van der Waals surface area contributed by atoms with Gasteiger partial charge in [-0.15, -0.1) is 0 Å². The lowest BCUT2D eigenvalue weighted by atomic mass is 9.94. The first-order valence-corrected chi connectivity index (χ1v) is 5.98. The van der Waals surface area contributed by atoms with Gasteiger partial charge in [-0.2, -0.15) is 0 Å². The number of aryl methyl sites for hydroxylation is 2. The molecule has 0 saturated carbocycles.